The molecule has 2 atom stereocenters. The summed E-state index contributed by atoms with van der Waals surface area (Å²) in [5.41, 5.74) is 2.38. The van der Waals surface area contributed by atoms with Crippen LogP contribution in [0, 0.1) is 0 Å². The van der Waals surface area contributed by atoms with Crippen LogP contribution in [0.5, 0.6) is 5.75 Å². The van der Waals surface area contributed by atoms with Crippen LogP contribution in [0.2, 0.25) is 5.02 Å². The summed E-state index contributed by atoms with van der Waals surface area (Å²) in [7, 11) is 0. The van der Waals surface area contributed by atoms with Crippen LogP contribution < -0.4 is 10.1 Å². The lowest BCUT2D eigenvalue weighted by Gasteiger charge is -2.20. The van der Waals surface area contributed by atoms with E-state index in [9.17, 15) is 9.59 Å². The number of amides is 2. The molecule has 0 saturated carbocycles. The molecule has 4 aromatic rings. The summed E-state index contributed by atoms with van der Waals surface area (Å²) in [6, 6.07) is 14.0. The molecule has 2 aromatic carbocycles. The molecular weight excluding hydrogens is 508 g/mol. The van der Waals surface area contributed by atoms with E-state index in [-0.39, 0.29) is 25.0 Å². The Kier molecular flexibility index (Phi) is 6.65. The summed E-state index contributed by atoms with van der Waals surface area (Å²) in [5, 5.41) is 12.7. The Morgan fingerprint density at radius 3 is 2.95 bits per heavy atom. The Hall–Kier alpha value is -4.02. The van der Waals surface area contributed by atoms with E-state index in [2.05, 4.69) is 20.6 Å². The summed E-state index contributed by atoms with van der Waals surface area (Å²) in [6.45, 7) is 1.81. The molecule has 4 bridgehead atoms. The molecule has 38 heavy (non-hydrogen) atoms. The summed E-state index contributed by atoms with van der Waals surface area (Å²) in [6.07, 6.45) is 3.65. The van der Waals surface area contributed by atoms with Crippen LogP contribution in [-0.2, 0) is 17.9 Å². The highest BCUT2D eigenvalue weighted by molar-refractivity contribution is 6.32. The monoisotopic (exact) mass is 532 g/mol. The van der Waals surface area contributed by atoms with Crippen LogP contribution in [0.3, 0.4) is 0 Å². The molecule has 4 heterocycles. The van der Waals surface area contributed by atoms with Crippen molar-refractivity contribution in [3.63, 3.8) is 0 Å². The number of likely N-dealkylation sites (tertiary alicyclic amines) is 1. The minimum atomic E-state index is -0.447. The fraction of sp³-hybridized carbons (Fsp3) is 0.296. The number of aromatic nitrogens is 4. The number of fused-ring (bicyclic) bond motifs is 6. The Morgan fingerprint density at radius 2 is 2.03 bits per heavy atom. The molecule has 2 amide bonds. The maximum absolute atomic E-state index is 13.4. The molecule has 1 N–H and O–H groups in total. The number of pyridine rings is 1. The first-order valence-corrected chi connectivity index (χ1v) is 12.8. The lowest BCUT2D eigenvalue weighted by Crippen LogP contribution is -2.44. The molecule has 0 spiro atoms. The molecule has 2 aliphatic heterocycles. The number of rotatable bonds is 1. The predicted octanol–water partition coefficient (Wildman–Crippen LogP) is 3.10. The van der Waals surface area contributed by atoms with E-state index in [0.717, 1.165) is 10.9 Å². The second kappa shape index (κ2) is 10.4. The normalized spacial score (nSPS) is 20.0. The van der Waals surface area contributed by atoms with Gasteiger partial charge in [-0.15, -0.1) is 5.10 Å². The van der Waals surface area contributed by atoms with Crippen molar-refractivity contribution in [2.75, 3.05) is 19.7 Å². The largest absolute Gasteiger partial charge is 0.492 e. The van der Waals surface area contributed by atoms with Gasteiger partial charge in [0.2, 0.25) is 0 Å². The predicted molar refractivity (Wildman–Crippen MR) is 139 cm³/mol. The molecule has 10 nitrogen and oxygen atoms in total. The van der Waals surface area contributed by atoms with E-state index >= 15 is 0 Å². The van der Waals surface area contributed by atoms with Gasteiger partial charge in [0.15, 0.2) is 0 Å². The van der Waals surface area contributed by atoms with Crippen molar-refractivity contribution in [1.82, 2.24) is 30.2 Å². The topological polar surface area (TPSA) is 111 Å². The van der Waals surface area contributed by atoms with Gasteiger partial charge in [-0.1, -0.05) is 35.0 Å². The number of benzene rings is 2. The van der Waals surface area contributed by atoms with Crippen LogP contribution in [0.1, 0.15) is 32.8 Å². The van der Waals surface area contributed by atoms with E-state index in [4.69, 9.17) is 21.1 Å². The van der Waals surface area contributed by atoms with Crippen molar-refractivity contribution in [2.45, 2.75) is 31.7 Å². The third-order valence-electron chi connectivity index (χ3n) is 6.72. The second-order valence-electron chi connectivity index (χ2n) is 9.38. The van der Waals surface area contributed by atoms with E-state index < -0.39 is 12.1 Å². The third kappa shape index (κ3) is 5.05. The van der Waals surface area contributed by atoms with E-state index in [1.165, 1.54) is 0 Å². The Balaban J connectivity index is 1.27. The minimum Gasteiger partial charge on any atom is -0.492 e. The first-order chi connectivity index (χ1) is 18.5. The van der Waals surface area contributed by atoms with Gasteiger partial charge in [-0.2, -0.15) is 0 Å². The van der Waals surface area contributed by atoms with Crippen molar-refractivity contribution in [2.24, 2.45) is 0 Å². The van der Waals surface area contributed by atoms with Crippen LogP contribution in [0.15, 0.2) is 60.9 Å². The number of carbonyl (C=O) groups excluding carboxylic acids is 2. The highest BCUT2D eigenvalue weighted by atomic mass is 35.5. The third-order valence-corrected chi connectivity index (χ3v) is 7.03. The summed E-state index contributed by atoms with van der Waals surface area (Å²) < 4.78 is 13.8. The van der Waals surface area contributed by atoms with E-state index in [1.54, 1.807) is 34.0 Å². The SMILES string of the molecule is O=C1N[C@H]2CN(C(=O)c3cnc4ccccc4c3)C[C@@H]2OCc2cn(nn2)CCCOc2cc1ccc2Cl. The molecular formula is C27H25ClN6O4. The van der Waals surface area contributed by atoms with Gasteiger partial charge in [0.1, 0.15) is 11.4 Å². The fourth-order valence-corrected chi connectivity index (χ4v) is 4.91. The zero-order valence-electron chi connectivity index (χ0n) is 20.4. The Morgan fingerprint density at radius 1 is 1.13 bits per heavy atom. The van der Waals surface area contributed by atoms with Gasteiger partial charge in [-0.3, -0.25) is 19.3 Å². The number of aryl methyl sites for hydroxylation is 1. The number of hydrogen-bond donors (Lipinski definition) is 1. The van der Waals surface area contributed by atoms with Crippen LogP contribution in [0.4, 0.5) is 0 Å². The molecule has 6 rings (SSSR count). The molecule has 1 saturated heterocycles. The van der Waals surface area contributed by atoms with E-state index in [1.807, 2.05) is 36.5 Å². The molecule has 1 fully saturated rings. The minimum absolute atomic E-state index is 0.174. The highest BCUT2D eigenvalue weighted by Gasteiger charge is 2.38. The van der Waals surface area contributed by atoms with Crippen molar-refractivity contribution < 1.29 is 19.1 Å². The molecule has 2 aromatic heterocycles. The zero-order valence-corrected chi connectivity index (χ0v) is 21.2. The lowest BCUT2D eigenvalue weighted by atomic mass is 10.1. The van der Waals surface area contributed by atoms with Crippen molar-refractivity contribution in [3.05, 3.63) is 82.8 Å². The Bertz CT molecular complexity index is 1510. The van der Waals surface area contributed by atoms with Crippen molar-refractivity contribution >= 4 is 34.3 Å². The van der Waals surface area contributed by atoms with Crippen molar-refractivity contribution in [1.29, 1.82) is 0 Å². The maximum atomic E-state index is 13.4. The van der Waals surface area contributed by atoms with Crippen molar-refractivity contribution in [3.8, 4) is 5.75 Å². The Labute approximate surface area is 223 Å². The van der Waals surface area contributed by atoms with Crippen LogP contribution >= 0.6 is 11.6 Å². The first-order valence-electron chi connectivity index (χ1n) is 12.4. The highest BCUT2D eigenvalue weighted by Crippen LogP contribution is 2.27. The van der Waals surface area contributed by atoms with E-state index in [0.29, 0.717) is 53.7 Å². The quantitative estimate of drug-likeness (QED) is 0.401. The van der Waals surface area contributed by atoms with Gasteiger partial charge in [0.25, 0.3) is 11.8 Å². The summed E-state index contributed by atoms with van der Waals surface area (Å²) >= 11 is 6.30. The average molecular weight is 533 g/mol. The average Bonchev–Trinajstić information content (AvgIpc) is 3.56. The molecule has 0 unspecified atom stereocenters. The molecule has 194 valence electrons. The fourth-order valence-electron chi connectivity index (χ4n) is 4.74. The number of hydrogen-bond acceptors (Lipinski definition) is 7. The zero-order chi connectivity index (χ0) is 26.1. The van der Waals surface area contributed by atoms with Crippen LogP contribution in [0.25, 0.3) is 10.9 Å². The van der Waals surface area contributed by atoms with Gasteiger partial charge >= 0.3 is 0 Å². The molecule has 0 radical (unpaired) electrons. The van der Waals surface area contributed by atoms with Gasteiger partial charge < -0.3 is 19.7 Å². The number of para-hydroxylation sites is 1. The number of halogens is 1. The lowest BCUT2D eigenvalue weighted by molar-refractivity contribution is 0.0291. The molecule has 0 aliphatic carbocycles. The van der Waals surface area contributed by atoms with Gasteiger partial charge in [0.05, 0.1) is 47.7 Å². The smallest absolute Gasteiger partial charge is 0.255 e. The molecule has 2 aliphatic rings. The summed E-state index contributed by atoms with van der Waals surface area (Å²) in [4.78, 5) is 32.8. The maximum Gasteiger partial charge on any atom is 0.255 e. The van der Waals surface area contributed by atoms with Gasteiger partial charge in [-0.05, 0) is 30.3 Å². The summed E-state index contributed by atoms with van der Waals surface area (Å²) in [5.74, 6) is -0.0389. The number of nitrogens with zero attached hydrogens (tertiary/aromatic N) is 5. The number of ether oxygens (including phenoxy) is 2. The second-order valence-corrected chi connectivity index (χ2v) is 9.78. The first kappa shape index (κ1) is 24.3. The standard InChI is InChI=1S/C27H25ClN6O4/c28-21-7-6-18-11-24(21)37-9-3-8-34-13-20(31-32-34)16-38-25-15-33(14-23(25)30-26(18)35)27(36)19-10-17-4-1-2-5-22(17)29-12-19/h1-2,4-7,10-13,23,25H,3,8-9,14-16H2,(H,30,35)/t23-,25-/m0/s1. The number of carbonyl (C=O) groups is 2. The van der Waals surface area contributed by atoms with Gasteiger partial charge in [-0.25, -0.2) is 0 Å². The van der Waals surface area contributed by atoms with Crippen LogP contribution in [-0.4, -0.2) is 68.5 Å². The van der Waals surface area contributed by atoms with Gasteiger partial charge in [0, 0.05) is 43.2 Å². The number of nitrogens with one attached hydrogen (secondary N) is 1. The molecule has 11 heteroatoms.